The Kier molecular flexibility index (Phi) is 7.69. The molecule has 1 aromatic rings. The van der Waals surface area contributed by atoms with Crippen molar-refractivity contribution in [1.82, 2.24) is 0 Å². The lowest BCUT2D eigenvalue weighted by Crippen LogP contribution is -2.25. The quantitative estimate of drug-likeness (QED) is 0.382. The molecule has 1 aromatic carbocycles. The first-order valence-corrected chi connectivity index (χ1v) is 10.7. The van der Waals surface area contributed by atoms with E-state index in [9.17, 15) is 4.39 Å². The molecule has 3 rings (SSSR count). The minimum Gasteiger partial charge on any atom is -0.207 e. The van der Waals surface area contributed by atoms with E-state index < -0.39 is 0 Å². The largest absolute Gasteiger partial charge is 0.207 e. The van der Waals surface area contributed by atoms with E-state index in [2.05, 4.69) is 6.08 Å². The van der Waals surface area contributed by atoms with Crippen LogP contribution < -0.4 is 0 Å². The van der Waals surface area contributed by atoms with Crippen molar-refractivity contribution in [3.05, 3.63) is 60.0 Å². The molecular formula is C25H32FN. The molecule has 0 atom stereocenters. The number of allylic oxidation sites excluding steroid dienone is 4. The predicted octanol–water partition coefficient (Wildman–Crippen LogP) is 7.32. The third-order valence-electron chi connectivity index (χ3n) is 6.83. The molecule has 27 heavy (non-hydrogen) atoms. The molecule has 1 nitrogen and oxygen atoms in total. The number of hydrogen-bond donors (Lipinski definition) is 0. The van der Waals surface area contributed by atoms with Crippen molar-refractivity contribution in [2.75, 3.05) is 0 Å². The maximum Gasteiger partial charge on any atom is 0.123 e. The number of nitriles is 1. The number of nitrogens with zero attached hydrogens (tertiary/aromatic N) is 1. The van der Waals surface area contributed by atoms with Gasteiger partial charge in [-0.15, -0.1) is 0 Å². The zero-order valence-electron chi connectivity index (χ0n) is 16.3. The van der Waals surface area contributed by atoms with Gasteiger partial charge in [-0.1, -0.05) is 43.2 Å². The second-order valence-corrected chi connectivity index (χ2v) is 8.44. The number of hydrogen-bond acceptors (Lipinski definition) is 1. The van der Waals surface area contributed by atoms with E-state index in [1.54, 1.807) is 12.1 Å². The van der Waals surface area contributed by atoms with Crippen LogP contribution in [0.5, 0.6) is 0 Å². The van der Waals surface area contributed by atoms with E-state index in [-0.39, 0.29) is 5.82 Å². The first-order valence-electron chi connectivity index (χ1n) is 10.7. The fourth-order valence-electron chi connectivity index (χ4n) is 5.21. The molecular weight excluding hydrogens is 333 g/mol. The standard InChI is InChI=1S/C25H32FN/c26-25-17-15-24(16-18-25)23-13-11-22(12-14-23)21-9-7-20(8-10-21)6-4-2-1-3-5-19-27/h1-3,5,15-18,20-23H,4,6-14H2/b2-1+,5-3+. The van der Waals surface area contributed by atoms with Crippen molar-refractivity contribution in [2.45, 2.75) is 70.1 Å². The van der Waals surface area contributed by atoms with E-state index in [1.807, 2.05) is 30.4 Å². The Bertz CT molecular complexity index is 651. The number of benzene rings is 1. The van der Waals surface area contributed by atoms with E-state index in [0.717, 1.165) is 24.2 Å². The van der Waals surface area contributed by atoms with Crippen LogP contribution >= 0.6 is 0 Å². The third-order valence-corrected chi connectivity index (χ3v) is 6.83. The van der Waals surface area contributed by atoms with Gasteiger partial charge in [0.2, 0.25) is 0 Å². The lowest BCUT2D eigenvalue weighted by molar-refractivity contribution is 0.157. The zero-order chi connectivity index (χ0) is 18.9. The third kappa shape index (κ3) is 6.06. The lowest BCUT2D eigenvalue weighted by atomic mass is 9.68. The summed E-state index contributed by atoms with van der Waals surface area (Å²) in [5, 5.41) is 8.46. The highest BCUT2D eigenvalue weighted by molar-refractivity contribution is 5.21. The van der Waals surface area contributed by atoms with Gasteiger partial charge in [0, 0.05) is 6.08 Å². The Morgan fingerprint density at radius 1 is 0.889 bits per heavy atom. The second kappa shape index (κ2) is 10.5. The highest BCUT2D eigenvalue weighted by Gasteiger charge is 2.31. The van der Waals surface area contributed by atoms with Crippen molar-refractivity contribution in [2.24, 2.45) is 17.8 Å². The molecule has 0 unspecified atom stereocenters. The van der Waals surface area contributed by atoms with Gasteiger partial charge in [0.25, 0.3) is 0 Å². The van der Waals surface area contributed by atoms with E-state index in [4.69, 9.17) is 5.26 Å². The van der Waals surface area contributed by atoms with Gasteiger partial charge in [-0.3, -0.25) is 0 Å². The van der Waals surface area contributed by atoms with Gasteiger partial charge in [0.1, 0.15) is 5.82 Å². The van der Waals surface area contributed by atoms with Crippen LogP contribution in [0, 0.1) is 34.9 Å². The summed E-state index contributed by atoms with van der Waals surface area (Å²) in [4.78, 5) is 0. The lowest BCUT2D eigenvalue weighted by Gasteiger charge is -2.38. The normalized spacial score (nSPS) is 29.2. The van der Waals surface area contributed by atoms with Gasteiger partial charge in [-0.25, -0.2) is 4.39 Å². The molecule has 0 spiro atoms. The first kappa shape index (κ1) is 19.9. The smallest absolute Gasteiger partial charge is 0.123 e. The van der Waals surface area contributed by atoms with Crippen LogP contribution in [0.1, 0.15) is 75.7 Å². The summed E-state index contributed by atoms with van der Waals surface area (Å²) in [6, 6.07) is 9.19. The number of halogens is 1. The molecule has 2 fully saturated rings. The van der Waals surface area contributed by atoms with Crippen LogP contribution in [0.2, 0.25) is 0 Å². The van der Waals surface area contributed by atoms with Crippen LogP contribution in [0.15, 0.2) is 48.6 Å². The minimum absolute atomic E-state index is 0.127. The summed E-state index contributed by atoms with van der Waals surface area (Å²) >= 11 is 0. The fraction of sp³-hybridized carbons (Fsp3) is 0.560. The summed E-state index contributed by atoms with van der Waals surface area (Å²) in [5.74, 6) is 3.25. The summed E-state index contributed by atoms with van der Waals surface area (Å²) in [6.45, 7) is 0. The highest BCUT2D eigenvalue weighted by atomic mass is 19.1. The molecule has 0 heterocycles. The highest BCUT2D eigenvalue weighted by Crippen LogP contribution is 2.44. The summed E-state index contributed by atoms with van der Waals surface area (Å²) in [5.41, 5.74) is 1.33. The maximum absolute atomic E-state index is 13.1. The van der Waals surface area contributed by atoms with E-state index >= 15 is 0 Å². The van der Waals surface area contributed by atoms with E-state index in [1.165, 1.54) is 69.4 Å². The SMILES string of the molecule is N#C/C=C/C=C/CCC1CCC(C2CCC(c3ccc(F)cc3)CC2)CC1. The Hall–Kier alpha value is -1.88. The maximum atomic E-state index is 13.1. The Labute approximate surface area is 164 Å². The molecule has 144 valence electrons. The Morgan fingerprint density at radius 3 is 2.15 bits per heavy atom. The molecule has 2 heteroatoms. The zero-order valence-corrected chi connectivity index (χ0v) is 16.3. The molecule has 0 aliphatic heterocycles. The predicted molar refractivity (Wildman–Crippen MR) is 110 cm³/mol. The van der Waals surface area contributed by atoms with Crippen molar-refractivity contribution >= 4 is 0 Å². The molecule has 0 N–H and O–H groups in total. The van der Waals surface area contributed by atoms with Crippen LogP contribution in [-0.2, 0) is 0 Å². The van der Waals surface area contributed by atoms with Gasteiger partial charge in [-0.2, -0.15) is 5.26 Å². The van der Waals surface area contributed by atoms with Crippen molar-refractivity contribution in [3.8, 4) is 6.07 Å². The van der Waals surface area contributed by atoms with Gasteiger partial charge in [-0.05, 0) is 92.7 Å². The number of rotatable bonds is 6. The Morgan fingerprint density at radius 2 is 1.52 bits per heavy atom. The second-order valence-electron chi connectivity index (χ2n) is 8.44. The summed E-state index contributed by atoms with van der Waals surface area (Å²) in [7, 11) is 0. The average molecular weight is 366 g/mol. The summed E-state index contributed by atoms with van der Waals surface area (Å²) < 4.78 is 13.1. The van der Waals surface area contributed by atoms with Gasteiger partial charge >= 0.3 is 0 Å². The van der Waals surface area contributed by atoms with Gasteiger partial charge in [0.05, 0.1) is 6.07 Å². The Balaban J connectivity index is 1.36. The van der Waals surface area contributed by atoms with Crippen LogP contribution in [0.4, 0.5) is 4.39 Å². The molecule has 0 amide bonds. The van der Waals surface area contributed by atoms with Crippen LogP contribution in [-0.4, -0.2) is 0 Å². The van der Waals surface area contributed by atoms with Crippen molar-refractivity contribution in [3.63, 3.8) is 0 Å². The first-order chi connectivity index (χ1) is 13.3. The van der Waals surface area contributed by atoms with E-state index in [0.29, 0.717) is 5.92 Å². The van der Waals surface area contributed by atoms with Crippen molar-refractivity contribution in [1.29, 1.82) is 5.26 Å². The topological polar surface area (TPSA) is 23.8 Å². The van der Waals surface area contributed by atoms with Gasteiger partial charge < -0.3 is 0 Å². The summed E-state index contributed by atoms with van der Waals surface area (Å²) in [6.07, 6.45) is 20.8. The molecule has 0 radical (unpaired) electrons. The minimum atomic E-state index is -0.127. The monoisotopic (exact) mass is 365 g/mol. The fourth-order valence-corrected chi connectivity index (χ4v) is 5.21. The molecule has 0 bridgehead atoms. The van der Waals surface area contributed by atoms with Gasteiger partial charge in [0.15, 0.2) is 0 Å². The molecule has 2 aliphatic carbocycles. The molecule has 0 aromatic heterocycles. The molecule has 0 saturated heterocycles. The average Bonchev–Trinajstić information content (AvgIpc) is 2.72. The molecule has 2 saturated carbocycles. The molecule has 2 aliphatic rings. The van der Waals surface area contributed by atoms with Crippen molar-refractivity contribution < 1.29 is 4.39 Å². The van der Waals surface area contributed by atoms with Crippen LogP contribution in [0.25, 0.3) is 0 Å². The van der Waals surface area contributed by atoms with Crippen LogP contribution in [0.3, 0.4) is 0 Å².